The van der Waals surface area contributed by atoms with E-state index < -0.39 is 10.8 Å². The molecule has 0 bridgehead atoms. The smallest absolute Gasteiger partial charge is 0.307 e. The molecule has 2 heterocycles. The van der Waals surface area contributed by atoms with Crippen LogP contribution in [0.5, 0.6) is 17.2 Å². The van der Waals surface area contributed by atoms with Gasteiger partial charge in [-0.25, -0.2) is 5.43 Å². The van der Waals surface area contributed by atoms with Crippen LogP contribution in [0.3, 0.4) is 0 Å². The molecule has 0 radical (unpaired) electrons. The standard InChI is InChI=1S/C18H13N3O7/c1-25-14-4-10(5-15-17(14)27-9-26-15)8-19-20-18(22)16-7-11-6-12(21(23)24)2-3-13(11)28-16/h2-8H,9H2,1H3,(H,20,22)/b19-8-. The highest BCUT2D eigenvalue weighted by Crippen LogP contribution is 2.41. The van der Waals surface area contributed by atoms with Crippen molar-refractivity contribution >= 4 is 28.8 Å². The van der Waals surface area contributed by atoms with Gasteiger partial charge in [-0.2, -0.15) is 5.10 Å². The predicted molar refractivity (Wildman–Crippen MR) is 97.0 cm³/mol. The summed E-state index contributed by atoms with van der Waals surface area (Å²) in [4.78, 5) is 22.5. The zero-order chi connectivity index (χ0) is 19.7. The Labute approximate surface area is 157 Å². The molecule has 4 rings (SSSR count). The monoisotopic (exact) mass is 383 g/mol. The third kappa shape index (κ3) is 3.18. The first kappa shape index (κ1) is 17.3. The molecule has 142 valence electrons. The van der Waals surface area contributed by atoms with Crippen LogP contribution in [0.2, 0.25) is 0 Å². The number of amides is 1. The summed E-state index contributed by atoms with van der Waals surface area (Å²) in [7, 11) is 1.51. The number of nitrogens with zero attached hydrogens (tertiary/aromatic N) is 2. The van der Waals surface area contributed by atoms with E-state index in [9.17, 15) is 14.9 Å². The molecule has 0 saturated carbocycles. The summed E-state index contributed by atoms with van der Waals surface area (Å²) in [5.41, 5.74) is 3.24. The van der Waals surface area contributed by atoms with E-state index in [2.05, 4.69) is 10.5 Å². The Bertz CT molecular complexity index is 1120. The third-order valence-electron chi connectivity index (χ3n) is 3.99. The average molecular weight is 383 g/mol. The Hall–Kier alpha value is -4.08. The van der Waals surface area contributed by atoms with Crippen LogP contribution in [0.4, 0.5) is 5.69 Å². The molecule has 0 aliphatic carbocycles. The van der Waals surface area contributed by atoms with Crippen molar-refractivity contribution in [3.63, 3.8) is 0 Å². The van der Waals surface area contributed by atoms with Crippen LogP contribution in [0, 0.1) is 10.1 Å². The summed E-state index contributed by atoms with van der Waals surface area (Å²) in [5.74, 6) is 0.909. The molecule has 0 unspecified atom stereocenters. The summed E-state index contributed by atoms with van der Waals surface area (Å²) < 4.78 is 21.3. The van der Waals surface area contributed by atoms with E-state index in [1.165, 1.54) is 37.6 Å². The second-order valence-corrected chi connectivity index (χ2v) is 5.75. The Kier molecular flexibility index (Phi) is 4.28. The molecular formula is C18H13N3O7. The predicted octanol–water partition coefficient (Wildman–Crippen LogP) is 2.84. The number of benzene rings is 2. The fourth-order valence-electron chi connectivity index (χ4n) is 2.70. The first-order valence-electron chi connectivity index (χ1n) is 8.04. The van der Waals surface area contributed by atoms with Crippen LogP contribution in [-0.2, 0) is 0 Å². The zero-order valence-corrected chi connectivity index (χ0v) is 14.5. The zero-order valence-electron chi connectivity index (χ0n) is 14.5. The fourth-order valence-corrected chi connectivity index (χ4v) is 2.70. The minimum Gasteiger partial charge on any atom is -0.493 e. The Morgan fingerprint density at radius 3 is 2.93 bits per heavy atom. The number of hydrazone groups is 1. The van der Waals surface area contributed by atoms with Crippen molar-refractivity contribution in [2.75, 3.05) is 13.9 Å². The number of non-ortho nitro benzene ring substituents is 1. The number of furan rings is 1. The Morgan fingerprint density at radius 2 is 2.14 bits per heavy atom. The lowest BCUT2D eigenvalue weighted by Gasteiger charge is -2.05. The van der Waals surface area contributed by atoms with Crippen molar-refractivity contribution in [1.29, 1.82) is 0 Å². The normalized spacial score (nSPS) is 12.5. The number of nitrogens with one attached hydrogen (secondary N) is 1. The third-order valence-corrected chi connectivity index (χ3v) is 3.99. The number of rotatable bonds is 5. The van der Waals surface area contributed by atoms with Crippen LogP contribution in [0.15, 0.2) is 45.9 Å². The van der Waals surface area contributed by atoms with Gasteiger partial charge in [-0.05, 0) is 24.3 Å². The summed E-state index contributed by atoms with van der Waals surface area (Å²) >= 11 is 0. The average Bonchev–Trinajstić information content (AvgIpc) is 3.33. The summed E-state index contributed by atoms with van der Waals surface area (Å²) in [6.45, 7) is 0.104. The van der Waals surface area contributed by atoms with Crippen molar-refractivity contribution in [2.24, 2.45) is 5.10 Å². The largest absolute Gasteiger partial charge is 0.493 e. The molecule has 10 nitrogen and oxygen atoms in total. The van der Waals surface area contributed by atoms with Gasteiger partial charge in [0.05, 0.1) is 18.2 Å². The van der Waals surface area contributed by atoms with E-state index in [1.807, 2.05) is 0 Å². The Morgan fingerprint density at radius 1 is 1.29 bits per heavy atom. The highest BCUT2D eigenvalue weighted by atomic mass is 16.7. The summed E-state index contributed by atoms with van der Waals surface area (Å²) in [6, 6.07) is 8.87. The SMILES string of the molecule is COc1cc(/C=N\NC(=O)c2cc3cc([N+](=O)[O-])ccc3o2)cc2c1OCO2. The lowest BCUT2D eigenvalue weighted by molar-refractivity contribution is -0.384. The second kappa shape index (κ2) is 6.91. The quantitative estimate of drug-likeness (QED) is 0.408. The molecule has 0 atom stereocenters. The van der Waals surface area contributed by atoms with Crippen LogP contribution in [0.1, 0.15) is 16.1 Å². The van der Waals surface area contributed by atoms with Gasteiger partial charge in [0, 0.05) is 23.1 Å². The lowest BCUT2D eigenvalue weighted by Crippen LogP contribution is -2.16. The van der Waals surface area contributed by atoms with Crippen LogP contribution in [-0.4, -0.2) is 30.9 Å². The topological polar surface area (TPSA) is 125 Å². The molecule has 1 aromatic heterocycles. The molecular weight excluding hydrogens is 370 g/mol. The van der Waals surface area contributed by atoms with Gasteiger partial charge < -0.3 is 18.6 Å². The minimum atomic E-state index is -0.595. The van der Waals surface area contributed by atoms with Crippen molar-refractivity contribution in [1.82, 2.24) is 5.43 Å². The van der Waals surface area contributed by atoms with Crippen molar-refractivity contribution in [2.45, 2.75) is 0 Å². The molecule has 0 spiro atoms. The van der Waals surface area contributed by atoms with Crippen LogP contribution >= 0.6 is 0 Å². The molecule has 0 saturated heterocycles. The summed E-state index contributed by atoms with van der Waals surface area (Å²) in [5, 5.41) is 15.2. The van der Waals surface area contributed by atoms with E-state index in [4.69, 9.17) is 18.6 Å². The first-order chi connectivity index (χ1) is 13.5. The molecule has 1 aliphatic heterocycles. The molecule has 10 heteroatoms. The number of hydrogen-bond acceptors (Lipinski definition) is 8. The maximum Gasteiger partial charge on any atom is 0.307 e. The van der Waals surface area contributed by atoms with E-state index >= 15 is 0 Å². The van der Waals surface area contributed by atoms with Gasteiger partial charge in [-0.15, -0.1) is 0 Å². The van der Waals surface area contributed by atoms with Crippen molar-refractivity contribution < 1.29 is 28.3 Å². The van der Waals surface area contributed by atoms with Crippen LogP contribution < -0.4 is 19.6 Å². The maximum absolute atomic E-state index is 12.2. The molecule has 0 fully saturated rings. The number of carbonyl (C=O) groups excluding carboxylic acids is 1. The van der Waals surface area contributed by atoms with E-state index in [0.29, 0.717) is 33.8 Å². The number of carbonyl (C=O) groups is 1. The highest BCUT2D eigenvalue weighted by molar-refractivity contribution is 5.97. The Balaban J connectivity index is 1.50. The van der Waals surface area contributed by atoms with Gasteiger partial charge in [0.15, 0.2) is 17.3 Å². The number of nitro groups is 1. The molecule has 1 aliphatic rings. The van der Waals surface area contributed by atoms with E-state index in [-0.39, 0.29) is 18.2 Å². The van der Waals surface area contributed by atoms with Crippen molar-refractivity contribution in [3.8, 4) is 17.2 Å². The van der Waals surface area contributed by atoms with E-state index in [1.54, 1.807) is 12.1 Å². The van der Waals surface area contributed by atoms with Gasteiger partial charge in [-0.3, -0.25) is 14.9 Å². The molecule has 2 aromatic carbocycles. The van der Waals surface area contributed by atoms with Gasteiger partial charge in [0.25, 0.3) is 5.69 Å². The maximum atomic E-state index is 12.2. The minimum absolute atomic E-state index is 0.0177. The number of methoxy groups -OCH3 is 1. The van der Waals surface area contributed by atoms with Gasteiger partial charge in [-0.1, -0.05) is 0 Å². The first-order valence-corrected chi connectivity index (χ1v) is 8.04. The molecule has 28 heavy (non-hydrogen) atoms. The lowest BCUT2D eigenvalue weighted by atomic mass is 10.2. The number of hydrogen-bond donors (Lipinski definition) is 1. The second-order valence-electron chi connectivity index (χ2n) is 5.75. The van der Waals surface area contributed by atoms with Crippen molar-refractivity contribution in [3.05, 3.63) is 57.8 Å². The van der Waals surface area contributed by atoms with E-state index in [0.717, 1.165) is 0 Å². The van der Waals surface area contributed by atoms with Gasteiger partial charge in [0.1, 0.15) is 5.58 Å². The number of ether oxygens (including phenoxy) is 3. The fraction of sp³-hybridized carbons (Fsp3) is 0.111. The summed E-state index contributed by atoms with van der Waals surface area (Å²) in [6.07, 6.45) is 1.41. The molecule has 3 aromatic rings. The van der Waals surface area contributed by atoms with Gasteiger partial charge in [0.2, 0.25) is 12.5 Å². The van der Waals surface area contributed by atoms with Gasteiger partial charge >= 0.3 is 5.91 Å². The van der Waals surface area contributed by atoms with Crippen LogP contribution in [0.25, 0.3) is 11.0 Å². The molecule has 1 amide bonds. The number of nitro benzene ring substituents is 1. The molecule has 1 N–H and O–H groups in total. The number of fused-ring (bicyclic) bond motifs is 2. The highest BCUT2D eigenvalue weighted by Gasteiger charge is 2.20.